The first-order valence-electron chi connectivity index (χ1n) is 20.4. The minimum absolute atomic E-state index is 0.0890. The molecule has 0 spiro atoms. The first-order chi connectivity index (χ1) is 26.7. The number of aromatic nitrogens is 2. The van der Waals surface area contributed by atoms with Crippen LogP contribution in [-0.4, -0.2) is 9.55 Å². The summed E-state index contributed by atoms with van der Waals surface area (Å²) >= 11 is 0. The molecule has 7 aromatic carbocycles. The second-order valence-electron chi connectivity index (χ2n) is 10.1. The van der Waals surface area contributed by atoms with Crippen LogP contribution in [0.3, 0.4) is 0 Å². The standard InChI is InChI=1S/C41H30N2/c1-2-39-42-37-18-10-11-19-38(37)43(39)32-26-24-29(25-27-32)28-20-22-31(23-21-28)41-35-16-8-6-14-33(35)40(30-12-4-3-5-13-30)34-15-7-9-17-36(34)41/h3-27H,2H2,1H3/i3D,4D,5D,6D,7D,8D,9D,12D,13D,14D,15D,16D,17D. The molecule has 43 heavy (non-hydrogen) atoms. The Labute approximate surface area is 269 Å². The predicted octanol–water partition coefficient (Wildman–Crippen LogP) is 10.9. The highest BCUT2D eigenvalue weighted by Gasteiger charge is 2.16. The average Bonchev–Trinajstić information content (AvgIpc) is 3.60. The highest BCUT2D eigenvalue weighted by atomic mass is 15.1. The lowest BCUT2D eigenvalue weighted by Gasteiger charge is -2.18. The third kappa shape index (κ3) is 4.23. The molecule has 8 rings (SSSR count). The Morgan fingerprint density at radius 2 is 1.02 bits per heavy atom. The number of aryl methyl sites for hydroxylation is 1. The topological polar surface area (TPSA) is 17.8 Å². The van der Waals surface area contributed by atoms with Gasteiger partial charge in [0.2, 0.25) is 0 Å². The van der Waals surface area contributed by atoms with Crippen molar-refractivity contribution in [1.82, 2.24) is 9.55 Å². The lowest BCUT2D eigenvalue weighted by atomic mass is 9.86. The van der Waals surface area contributed by atoms with E-state index in [1.807, 2.05) is 60.7 Å². The van der Waals surface area contributed by atoms with Crippen molar-refractivity contribution in [2.75, 3.05) is 0 Å². The minimum atomic E-state index is -0.708. The molecule has 2 nitrogen and oxygen atoms in total. The largest absolute Gasteiger partial charge is 0.296 e. The smallest absolute Gasteiger partial charge is 0.114 e. The Morgan fingerprint density at radius 1 is 0.535 bits per heavy atom. The fourth-order valence-corrected chi connectivity index (χ4v) is 5.77. The van der Waals surface area contributed by atoms with Gasteiger partial charge in [0, 0.05) is 12.1 Å². The summed E-state index contributed by atoms with van der Waals surface area (Å²) in [4.78, 5) is 4.78. The first-order valence-corrected chi connectivity index (χ1v) is 13.9. The molecule has 0 bridgehead atoms. The van der Waals surface area contributed by atoms with Crippen LogP contribution >= 0.6 is 0 Å². The van der Waals surface area contributed by atoms with Gasteiger partial charge < -0.3 is 0 Å². The Balaban J connectivity index is 1.41. The maximum absolute atomic E-state index is 9.14. The fraction of sp³-hybridized carbons (Fsp3) is 0.0488. The van der Waals surface area contributed by atoms with Gasteiger partial charge in [-0.15, -0.1) is 0 Å². The molecular weight excluding hydrogens is 520 g/mol. The Morgan fingerprint density at radius 3 is 1.60 bits per heavy atom. The highest BCUT2D eigenvalue weighted by molar-refractivity contribution is 6.21. The van der Waals surface area contributed by atoms with Crippen LogP contribution in [0.2, 0.25) is 0 Å². The van der Waals surface area contributed by atoms with Crippen LogP contribution in [-0.2, 0) is 6.42 Å². The number of hydrogen-bond donors (Lipinski definition) is 0. The van der Waals surface area contributed by atoms with Crippen molar-refractivity contribution in [2.24, 2.45) is 0 Å². The number of imidazole rings is 1. The molecule has 0 fully saturated rings. The van der Waals surface area contributed by atoms with Gasteiger partial charge >= 0.3 is 0 Å². The van der Waals surface area contributed by atoms with E-state index in [0.29, 0.717) is 5.56 Å². The van der Waals surface area contributed by atoms with Crippen molar-refractivity contribution in [3.63, 3.8) is 0 Å². The van der Waals surface area contributed by atoms with Crippen LogP contribution in [0.1, 0.15) is 30.6 Å². The quantitative estimate of drug-likeness (QED) is 0.190. The van der Waals surface area contributed by atoms with E-state index in [-0.39, 0.29) is 32.7 Å². The van der Waals surface area contributed by atoms with Gasteiger partial charge in [0.15, 0.2) is 0 Å². The third-order valence-electron chi connectivity index (χ3n) is 7.70. The molecule has 0 atom stereocenters. The molecule has 8 aromatic rings. The van der Waals surface area contributed by atoms with Gasteiger partial charge in [0.25, 0.3) is 0 Å². The maximum atomic E-state index is 9.14. The van der Waals surface area contributed by atoms with Gasteiger partial charge in [0.1, 0.15) is 5.82 Å². The molecule has 0 aliphatic heterocycles. The Bertz CT molecular complexity index is 2860. The molecule has 204 valence electrons. The second kappa shape index (κ2) is 10.4. The van der Waals surface area contributed by atoms with Gasteiger partial charge in [-0.1, -0.05) is 134 Å². The number of hydrogen-bond acceptors (Lipinski definition) is 1. The van der Waals surface area contributed by atoms with E-state index in [9.17, 15) is 0 Å². The van der Waals surface area contributed by atoms with Crippen molar-refractivity contribution in [2.45, 2.75) is 13.3 Å². The first kappa shape index (κ1) is 15.1. The summed E-state index contributed by atoms with van der Waals surface area (Å²) in [6.45, 7) is 2.06. The number of fused-ring (bicyclic) bond motifs is 3. The second-order valence-corrected chi connectivity index (χ2v) is 10.1. The molecule has 0 N–H and O–H groups in total. The molecule has 0 amide bonds. The molecule has 0 aliphatic rings. The molecule has 0 unspecified atom stereocenters. The molecule has 0 aliphatic carbocycles. The van der Waals surface area contributed by atoms with E-state index in [1.165, 1.54) is 0 Å². The van der Waals surface area contributed by atoms with Gasteiger partial charge in [0.05, 0.1) is 28.9 Å². The van der Waals surface area contributed by atoms with Gasteiger partial charge in [-0.2, -0.15) is 0 Å². The predicted molar refractivity (Wildman–Crippen MR) is 182 cm³/mol. The van der Waals surface area contributed by atoms with Crippen molar-refractivity contribution >= 4 is 32.6 Å². The molecule has 1 aromatic heterocycles. The van der Waals surface area contributed by atoms with E-state index < -0.39 is 84.1 Å². The summed E-state index contributed by atoms with van der Waals surface area (Å²) in [6.07, 6.45) is 0.740. The Kier molecular flexibility index (Phi) is 3.67. The summed E-state index contributed by atoms with van der Waals surface area (Å²) in [5, 5.41) is -0.709. The molecule has 0 saturated carbocycles. The van der Waals surface area contributed by atoms with Crippen LogP contribution in [0.15, 0.2) is 151 Å². The van der Waals surface area contributed by atoms with Crippen molar-refractivity contribution in [3.05, 3.63) is 157 Å². The van der Waals surface area contributed by atoms with Crippen molar-refractivity contribution < 1.29 is 17.8 Å². The zero-order valence-electron chi connectivity index (χ0n) is 36.0. The summed E-state index contributed by atoms with van der Waals surface area (Å²) in [6, 6.07) is 14.7. The summed E-state index contributed by atoms with van der Waals surface area (Å²) in [7, 11) is 0. The molecule has 0 saturated heterocycles. The zero-order valence-corrected chi connectivity index (χ0v) is 23.0. The van der Waals surface area contributed by atoms with Gasteiger partial charge in [-0.05, 0) is 79.2 Å². The molecular formula is C41H30N2. The van der Waals surface area contributed by atoms with Crippen molar-refractivity contribution in [3.8, 4) is 39.1 Å². The van der Waals surface area contributed by atoms with E-state index in [2.05, 4.69) is 11.5 Å². The summed E-state index contributed by atoms with van der Waals surface area (Å²) in [5.41, 5.74) is 4.24. The average molecular weight is 564 g/mol. The lowest BCUT2D eigenvalue weighted by Crippen LogP contribution is -1.99. The van der Waals surface area contributed by atoms with E-state index in [4.69, 9.17) is 22.8 Å². The number of nitrogens with zero attached hydrogens (tertiary/aromatic N) is 2. The van der Waals surface area contributed by atoms with E-state index in [1.54, 1.807) is 12.1 Å². The minimum Gasteiger partial charge on any atom is -0.296 e. The van der Waals surface area contributed by atoms with Crippen LogP contribution in [0.5, 0.6) is 0 Å². The molecule has 0 radical (unpaired) electrons. The van der Waals surface area contributed by atoms with E-state index in [0.717, 1.165) is 40.1 Å². The summed E-state index contributed by atoms with van der Waals surface area (Å²) < 4.78 is 116. The number of rotatable bonds is 5. The third-order valence-corrected chi connectivity index (χ3v) is 7.70. The molecule has 2 heteroatoms. The summed E-state index contributed by atoms with van der Waals surface area (Å²) in [5.74, 6) is 0.927. The lowest BCUT2D eigenvalue weighted by molar-refractivity contribution is 0.908. The van der Waals surface area contributed by atoms with Crippen LogP contribution in [0.4, 0.5) is 0 Å². The van der Waals surface area contributed by atoms with Crippen LogP contribution in [0.25, 0.3) is 71.6 Å². The SMILES string of the molecule is [2H]c1c([2H])c([2H])c(-c2c3c([2H])c([2H])c([2H])c([2H])c3c(-c3ccc(-c4ccc(-n5c(CC)nc6ccccc65)cc4)cc3)c3c([2H])c([2H])c([2H])c([2H])c23)c([2H])c1[2H]. The Hall–Kier alpha value is -5.47. The zero-order chi connectivity index (χ0) is 40.1. The van der Waals surface area contributed by atoms with Crippen LogP contribution in [0, 0.1) is 0 Å². The van der Waals surface area contributed by atoms with Crippen LogP contribution < -0.4 is 0 Å². The normalized spacial score (nSPS) is 15.7. The monoisotopic (exact) mass is 563 g/mol. The van der Waals surface area contributed by atoms with Crippen molar-refractivity contribution in [1.29, 1.82) is 0 Å². The fourth-order valence-electron chi connectivity index (χ4n) is 5.77. The van der Waals surface area contributed by atoms with Gasteiger partial charge in [-0.3, -0.25) is 4.57 Å². The maximum Gasteiger partial charge on any atom is 0.114 e. The van der Waals surface area contributed by atoms with Gasteiger partial charge in [-0.25, -0.2) is 4.98 Å². The number of benzene rings is 7. The van der Waals surface area contributed by atoms with E-state index >= 15 is 0 Å². The highest BCUT2D eigenvalue weighted by Crippen LogP contribution is 2.43. The number of para-hydroxylation sites is 2. The molecule has 1 heterocycles.